The van der Waals surface area contributed by atoms with Gasteiger partial charge in [-0.1, -0.05) is 24.3 Å². The third-order valence-electron chi connectivity index (χ3n) is 3.71. The van der Waals surface area contributed by atoms with E-state index >= 15 is 0 Å². The van der Waals surface area contributed by atoms with Crippen molar-refractivity contribution in [2.45, 2.75) is 13.3 Å². The zero-order valence-corrected chi connectivity index (χ0v) is 13.9. The molecule has 0 atom stereocenters. The predicted molar refractivity (Wildman–Crippen MR) is 90.1 cm³/mol. The van der Waals surface area contributed by atoms with Crippen LogP contribution in [0.15, 0.2) is 42.9 Å². The first-order chi connectivity index (χ1) is 12.1. The lowest BCUT2D eigenvalue weighted by Gasteiger charge is -2.09. The standard InChI is InChI=1S/C18H17N3O4/c1-3-25-18(23)15-9-14(10-21-17(15)19-11-20-21)13-6-4-5-12(7-13)8-16(22)24-2/h4-7,9-11H,3,8H2,1-2H3. The number of ether oxygens (including phenoxy) is 2. The number of hydrogen-bond acceptors (Lipinski definition) is 6. The molecule has 0 unspecified atom stereocenters. The van der Waals surface area contributed by atoms with Crippen molar-refractivity contribution in [3.8, 4) is 11.1 Å². The number of rotatable bonds is 5. The molecule has 128 valence electrons. The van der Waals surface area contributed by atoms with Gasteiger partial charge >= 0.3 is 11.9 Å². The molecule has 3 rings (SSSR count). The lowest BCUT2D eigenvalue weighted by molar-refractivity contribution is -0.139. The van der Waals surface area contributed by atoms with Gasteiger partial charge in [-0.15, -0.1) is 0 Å². The third-order valence-corrected chi connectivity index (χ3v) is 3.71. The number of esters is 2. The Hall–Kier alpha value is -3.22. The Kier molecular flexibility index (Phi) is 4.74. The number of hydrogen-bond donors (Lipinski definition) is 0. The van der Waals surface area contributed by atoms with Crippen LogP contribution in [0.4, 0.5) is 0 Å². The highest BCUT2D eigenvalue weighted by Gasteiger charge is 2.16. The molecule has 2 aromatic heterocycles. The first kappa shape index (κ1) is 16.6. The lowest BCUT2D eigenvalue weighted by Crippen LogP contribution is -2.08. The normalized spacial score (nSPS) is 10.6. The minimum atomic E-state index is -0.451. The number of pyridine rings is 1. The van der Waals surface area contributed by atoms with Crippen LogP contribution in [0.25, 0.3) is 16.8 Å². The highest BCUT2D eigenvalue weighted by atomic mass is 16.5. The molecule has 0 aliphatic rings. The minimum Gasteiger partial charge on any atom is -0.469 e. The van der Waals surface area contributed by atoms with Gasteiger partial charge in [0.15, 0.2) is 5.65 Å². The Labute approximate surface area is 144 Å². The van der Waals surface area contributed by atoms with E-state index in [1.165, 1.54) is 18.0 Å². The van der Waals surface area contributed by atoms with Crippen molar-refractivity contribution in [1.29, 1.82) is 0 Å². The number of carbonyl (C=O) groups is 2. The molecule has 0 saturated carbocycles. The highest BCUT2D eigenvalue weighted by Crippen LogP contribution is 2.24. The van der Waals surface area contributed by atoms with Crippen LogP contribution in [0.5, 0.6) is 0 Å². The first-order valence-electron chi connectivity index (χ1n) is 7.79. The molecule has 0 bridgehead atoms. The second-order valence-corrected chi connectivity index (χ2v) is 5.34. The summed E-state index contributed by atoms with van der Waals surface area (Å²) in [5.41, 5.74) is 3.22. The largest absolute Gasteiger partial charge is 0.469 e. The van der Waals surface area contributed by atoms with Crippen LogP contribution in [0.1, 0.15) is 22.8 Å². The summed E-state index contributed by atoms with van der Waals surface area (Å²) >= 11 is 0. The number of aromatic nitrogens is 3. The van der Waals surface area contributed by atoms with Crippen LogP contribution < -0.4 is 0 Å². The van der Waals surface area contributed by atoms with E-state index in [2.05, 4.69) is 10.1 Å². The van der Waals surface area contributed by atoms with Gasteiger partial charge in [0.25, 0.3) is 0 Å². The van der Waals surface area contributed by atoms with Gasteiger partial charge in [-0.25, -0.2) is 14.3 Å². The molecular formula is C18H17N3O4. The minimum absolute atomic E-state index is 0.181. The van der Waals surface area contributed by atoms with E-state index in [1.54, 1.807) is 19.2 Å². The van der Waals surface area contributed by atoms with Gasteiger partial charge in [0, 0.05) is 11.8 Å². The van der Waals surface area contributed by atoms with Crippen LogP contribution in [-0.4, -0.2) is 40.3 Å². The molecule has 0 N–H and O–H groups in total. The third kappa shape index (κ3) is 3.50. The summed E-state index contributed by atoms with van der Waals surface area (Å²) in [7, 11) is 1.36. The molecule has 2 heterocycles. The number of nitrogens with zero attached hydrogens (tertiary/aromatic N) is 3. The van der Waals surface area contributed by atoms with Crippen LogP contribution >= 0.6 is 0 Å². The summed E-state index contributed by atoms with van der Waals surface area (Å²) in [6.07, 6.45) is 3.35. The Morgan fingerprint density at radius 2 is 2.04 bits per heavy atom. The van der Waals surface area contributed by atoms with Crippen molar-refractivity contribution < 1.29 is 19.1 Å². The number of fused-ring (bicyclic) bond motifs is 1. The average Bonchev–Trinajstić information content (AvgIpc) is 3.09. The Morgan fingerprint density at radius 3 is 2.80 bits per heavy atom. The number of carbonyl (C=O) groups excluding carboxylic acids is 2. The summed E-state index contributed by atoms with van der Waals surface area (Å²) in [6, 6.07) is 9.20. The van der Waals surface area contributed by atoms with Crippen LogP contribution in [-0.2, 0) is 20.7 Å². The van der Waals surface area contributed by atoms with E-state index in [0.29, 0.717) is 11.2 Å². The van der Waals surface area contributed by atoms with E-state index in [0.717, 1.165) is 16.7 Å². The molecule has 0 aliphatic heterocycles. The molecule has 1 aromatic carbocycles. The smallest absolute Gasteiger partial charge is 0.342 e. The molecule has 0 spiro atoms. The van der Waals surface area contributed by atoms with E-state index in [9.17, 15) is 9.59 Å². The molecule has 7 heteroatoms. The van der Waals surface area contributed by atoms with Crippen molar-refractivity contribution >= 4 is 17.6 Å². The maximum absolute atomic E-state index is 12.2. The van der Waals surface area contributed by atoms with Crippen LogP contribution in [0.2, 0.25) is 0 Å². The van der Waals surface area contributed by atoms with Crippen molar-refractivity contribution in [1.82, 2.24) is 14.6 Å². The SMILES string of the molecule is CCOC(=O)c1cc(-c2cccc(CC(=O)OC)c2)cn2ncnc12. The number of benzene rings is 1. The molecular weight excluding hydrogens is 322 g/mol. The van der Waals surface area contributed by atoms with Gasteiger partial charge in [-0.3, -0.25) is 4.79 Å². The maximum Gasteiger partial charge on any atom is 0.342 e. The summed E-state index contributed by atoms with van der Waals surface area (Å²) in [5.74, 6) is -0.760. The van der Waals surface area contributed by atoms with E-state index < -0.39 is 5.97 Å². The van der Waals surface area contributed by atoms with Crippen molar-refractivity contribution in [2.75, 3.05) is 13.7 Å². The maximum atomic E-state index is 12.2. The van der Waals surface area contributed by atoms with Gasteiger partial charge in [0.1, 0.15) is 11.9 Å². The van der Waals surface area contributed by atoms with Gasteiger partial charge in [-0.2, -0.15) is 5.10 Å². The summed E-state index contributed by atoms with van der Waals surface area (Å²) in [6.45, 7) is 2.02. The quantitative estimate of drug-likeness (QED) is 0.663. The summed E-state index contributed by atoms with van der Waals surface area (Å²) in [5, 5.41) is 4.12. The lowest BCUT2D eigenvalue weighted by atomic mass is 10.0. The zero-order chi connectivity index (χ0) is 17.8. The molecule has 3 aromatic rings. The number of methoxy groups -OCH3 is 1. The van der Waals surface area contributed by atoms with Crippen LogP contribution in [0, 0.1) is 0 Å². The van der Waals surface area contributed by atoms with E-state index in [-0.39, 0.29) is 19.0 Å². The molecule has 0 fully saturated rings. The summed E-state index contributed by atoms with van der Waals surface area (Å²) < 4.78 is 11.3. The Morgan fingerprint density at radius 1 is 1.20 bits per heavy atom. The molecule has 0 radical (unpaired) electrons. The molecule has 0 saturated heterocycles. The van der Waals surface area contributed by atoms with Crippen LogP contribution in [0.3, 0.4) is 0 Å². The fourth-order valence-corrected chi connectivity index (χ4v) is 2.54. The van der Waals surface area contributed by atoms with Gasteiger partial charge < -0.3 is 9.47 Å². The van der Waals surface area contributed by atoms with Crippen molar-refractivity contribution in [3.05, 3.63) is 54.0 Å². The van der Waals surface area contributed by atoms with E-state index in [1.807, 2.05) is 24.3 Å². The zero-order valence-electron chi connectivity index (χ0n) is 13.9. The van der Waals surface area contributed by atoms with E-state index in [4.69, 9.17) is 9.47 Å². The van der Waals surface area contributed by atoms with Crippen molar-refractivity contribution in [2.24, 2.45) is 0 Å². The first-order valence-corrected chi connectivity index (χ1v) is 7.79. The average molecular weight is 339 g/mol. The second-order valence-electron chi connectivity index (χ2n) is 5.34. The fraction of sp³-hybridized carbons (Fsp3) is 0.222. The van der Waals surface area contributed by atoms with Gasteiger partial charge in [0.05, 0.1) is 20.1 Å². The second kappa shape index (κ2) is 7.12. The molecule has 25 heavy (non-hydrogen) atoms. The summed E-state index contributed by atoms with van der Waals surface area (Å²) in [4.78, 5) is 27.8. The Bertz CT molecular complexity index is 933. The van der Waals surface area contributed by atoms with Crippen molar-refractivity contribution in [3.63, 3.8) is 0 Å². The van der Waals surface area contributed by atoms with Gasteiger partial charge in [0.2, 0.25) is 0 Å². The monoisotopic (exact) mass is 339 g/mol. The van der Waals surface area contributed by atoms with Gasteiger partial charge in [-0.05, 0) is 24.1 Å². The molecule has 0 aliphatic carbocycles. The molecule has 0 amide bonds. The fourth-order valence-electron chi connectivity index (χ4n) is 2.54. The molecule has 7 nitrogen and oxygen atoms in total. The topological polar surface area (TPSA) is 82.8 Å². The highest BCUT2D eigenvalue weighted by molar-refractivity contribution is 5.97. The predicted octanol–water partition coefficient (Wildman–Crippen LogP) is 2.29. The Balaban J connectivity index is 2.05.